The van der Waals surface area contributed by atoms with Gasteiger partial charge in [-0.25, -0.2) is 4.79 Å². The van der Waals surface area contributed by atoms with Crippen molar-refractivity contribution in [2.75, 3.05) is 17.7 Å². The molecule has 0 saturated carbocycles. The highest BCUT2D eigenvalue weighted by Gasteiger charge is 2.09. The monoisotopic (exact) mass is 351 g/mol. The van der Waals surface area contributed by atoms with Gasteiger partial charge in [-0.1, -0.05) is 35.3 Å². The Morgan fingerprint density at radius 2 is 1.70 bits per heavy atom. The number of carbonyl (C=O) groups excluding carboxylic acids is 2. The van der Waals surface area contributed by atoms with Gasteiger partial charge in [-0.2, -0.15) is 0 Å². The number of benzene rings is 2. The molecule has 0 aliphatic carbocycles. The highest BCUT2D eigenvalue weighted by atomic mass is 35.5. The Balaban J connectivity index is 2.02. The summed E-state index contributed by atoms with van der Waals surface area (Å²) in [5.41, 5.74) is 1.84. The highest BCUT2D eigenvalue weighted by Crippen LogP contribution is 2.22. The number of hydrogen-bond donors (Lipinski definition) is 3. The molecular formula is C16H15Cl2N3O2. The van der Waals surface area contributed by atoms with Gasteiger partial charge in [-0.05, 0) is 35.9 Å². The third kappa shape index (κ3) is 5.16. The maximum atomic E-state index is 12.1. The van der Waals surface area contributed by atoms with Crippen LogP contribution in [-0.2, 0) is 11.2 Å². The van der Waals surface area contributed by atoms with Crippen molar-refractivity contribution >= 4 is 46.5 Å². The largest absolute Gasteiger partial charge is 0.341 e. The van der Waals surface area contributed by atoms with Crippen LogP contribution in [0, 0.1) is 0 Å². The highest BCUT2D eigenvalue weighted by molar-refractivity contribution is 6.35. The van der Waals surface area contributed by atoms with Crippen LogP contribution in [0.5, 0.6) is 0 Å². The van der Waals surface area contributed by atoms with Crippen LogP contribution < -0.4 is 16.0 Å². The van der Waals surface area contributed by atoms with Crippen LogP contribution in [0.1, 0.15) is 5.56 Å². The van der Waals surface area contributed by atoms with E-state index in [4.69, 9.17) is 23.2 Å². The van der Waals surface area contributed by atoms with Crippen LogP contribution in [0.3, 0.4) is 0 Å². The number of amides is 3. The Kier molecular flexibility index (Phi) is 5.84. The van der Waals surface area contributed by atoms with Gasteiger partial charge in [0.2, 0.25) is 5.91 Å². The van der Waals surface area contributed by atoms with E-state index in [0.29, 0.717) is 27.0 Å². The Morgan fingerprint density at radius 3 is 2.35 bits per heavy atom. The van der Waals surface area contributed by atoms with Crippen molar-refractivity contribution in [3.63, 3.8) is 0 Å². The van der Waals surface area contributed by atoms with Crippen LogP contribution >= 0.6 is 23.2 Å². The SMILES string of the molecule is CNC(=O)Nc1cccc(NC(=O)Cc2ccc(Cl)cc2Cl)c1. The van der Waals surface area contributed by atoms with Crippen LogP contribution in [0.2, 0.25) is 10.0 Å². The first-order chi connectivity index (χ1) is 11.0. The van der Waals surface area contributed by atoms with Gasteiger partial charge in [0, 0.05) is 28.5 Å². The normalized spacial score (nSPS) is 10.0. The molecule has 0 radical (unpaired) electrons. The minimum absolute atomic E-state index is 0.128. The molecule has 0 aromatic heterocycles. The first-order valence-electron chi connectivity index (χ1n) is 6.80. The fraction of sp³-hybridized carbons (Fsp3) is 0.125. The molecule has 7 heteroatoms. The van der Waals surface area contributed by atoms with Crippen molar-refractivity contribution in [3.8, 4) is 0 Å². The van der Waals surface area contributed by atoms with Crippen LogP contribution in [-0.4, -0.2) is 19.0 Å². The topological polar surface area (TPSA) is 70.2 Å². The second-order valence-corrected chi connectivity index (χ2v) is 5.59. The molecule has 23 heavy (non-hydrogen) atoms. The summed E-state index contributed by atoms with van der Waals surface area (Å²) >= 11 is 11.9. The zero-order valence-corrected chi connectivity index (χ0v) is 13.8. The maximum Gasteiger partial charge on any atom is 0.318 e. The molecule has 0 unspecified atom stereocenters. The molecule has 2 aromatic rings. The lowest BCUT2D eigenvalue weighted by molar-refractivity contribution is -0.115. The number of hydrogen-bond acceptors (Lipinski definition) is 2. The summed E-state index contributed by atoms with van der Waals surface area (Å²) < 4.78 is 0. The zero-order valence-electron chi connectivity index (χ0n) is 12.3. The van der Waals surface area contributed by atoms with Crippen molar-refractivity contribution in [2.24, 2.45) is 0 Å². The molecule has 0 bridgehead atoms. The van der Waals surface area contributed by atoms with Crippen LogP contribution in [0.25, 0.3) is 0 Å². The Labute approximate surface area is 144 Å². The lowest BCUT2D eigenvalue weighted by atomic mass is 10.1. The predicted molar refractivity (Wildman–Crippen MR) is 93.3 cm³/mol. The van der Waals surface area contributed by atoms with Crippen molar-refractivity contribution < 1.29 is 9.59 Å². The molecule has 0 atom stereocenters. The van der Waals surface area contributed by atoms with Gasteiger partial charge in [0.15, 0.2) is 0 Å². The van der Waals surface area contributed by atoms with Gasteiger partial charge in [-0.3, -0.25) is 4.79 Å². The lowest BCUT2D eigenvalue weighted by Gasteiger charge is -2.09. The summed E-state index contributed by atoms with van der Waals surface area (Å²) in [4.78, 5) is 23.4. The molecular weight excluding hydrogens is 337 g/mol. The molecule has 120 valence electrons. The van der Waals surface area contributed by atoms with Crippen LogP contribution in [0.15, 0.2) is 42.5 Å². The van der Waals surface area contributed by atoms with E-state index >= 15 is 0 Å². The number of carbonyl (C=O) groups is 2. The van der Waals surface area contributed by atoms with Gasteiger partial charge in [0.25, 0.3) is 0 Å². The summed E-state index contributed by atoms with van der Waals surface area (Å²) in [6, 6.07) is 11.5. The van der Waals surface area contributed by atoms with Crippen molar-refractivity contribution in [1.29, 1.82) is 0 Å². The van der Waals surface area contributed by atoms with Gasteiger partial charge >= 0.3 is 6.03 Å². The first kappa shape index (κ1) is 17.1. The van der Waals surface area contributed by atoms with Crippen molar-refractivity contribution in [3.05, 3.63) is 58.1 Å². The summed E-state index contributed by atoms with van der Waals surface area (Å²) in [5.74, 6) is -0.216. The Bertz CT molecular complexity index is 735. The molecule has 2 aromatic carbocycles. The van der Waals surface area contributed by atoms with Gasteiger partial charge in [0.1, 0.15) is 0 Å². The number of anilines is 2. The quantitative estimate of drug-likeness (QED) is 0.780. The average Bonchev–Trinajstić information content (AvgIpc) is 2.50. The summed E-state index contributed by atoms with van der Waals surface area (Å²) in [6.45, 7) is 0. The van der Waals surface area contributed by atoms with E-state index in [1.807, 2.05) is 0 Å². The molecule has 0 heterocycles. The minimum atomic E-state index is -0.332. The van der Waals surface area contributed by atoms with E-state index in [2.05, 4.69) is 16.0 Å². The van der Waals surface area contributed by atoms with E-state index in [-0.39, 0.29) is 18.4 Å². The molecule has 0 fully saturated rings. The maximum absolute atomic E-state index is 12.1. The molecule has 5 nitrogen and oxygen atoms in total. The van der Waals surface area contributed by atoms with Crippen molar-refractivity contribution in [1.82, 2.24) is 5.32 Å². The molecule has 0 aliphatic heterocycles. The van der Waals surface area contributed by atoms with Crippen LogP contribution in [0.4, 0.5) is 16.2 Å². The van der Waals surface area contributed by atoms with Crippen molar-refractivity contribution in [2.45, 2.75) is 6.42 Å². The molecule has 3 amide bonds. The van der Waals surface area contributed by atoms with E-state index in [1.54, 1.807) is 42.5 Å². The first-order valence-corrected chi connectivity index (χ1v) is 7.56. The molecule has 0 aliphatic rings. The molecule has 0 spiro atoms. The fourth-order valence-electron chi connectivity index (χ4n) is 1.91. The number of nitrogens with one attached hydrogen (secondary N) is 3. The second-order valence-electron chi connectivity index (χ2n) is 4.75. The van der Waals surface area contributed by atoms with Gasteiger partial charge in [0.05, 0.1) is 6.42 Å². The lowest BCUT2D eigenvalue weighted by Crippen LogP contribution is -2.24. The van der Waals surface area contributed by atoms with E-state index in [9.17, 15) is 9.59 Å². The third-order valence-corrected chi connectivity index (χ3v) is 3.58. The van der Waals surface area contributed by atoms with E-state index < -0.39 is 0 Å². The number of halogens is 2. The number of rotatable bonds is 4. The zero-order chi connectivity index (χ0) is 16.8. The minimum Gasteiger partial charge on any atom is -0.341 e. The van der Waals surface area contributed by atoms with E-state index in [0.717, 1.165) is 0 Å². The third-order valence-electron chi connectivity index (χ3n) is 3.00. The summed E-state index contributed by atoms with van der Waals surface area (Å²) in [6.07, 6.45) is 0.128. The summed E-state index contributed by atoms with van der Waals surface area (Å²) in [7, 11) is 1.52. The number of urea groups is 1. The Hall–Kier alpha value is -2.24. The summed E-state index contributed by atoms with van der Waals surface area (Å²) in [5, 5.41) is 8.82. The molecule has 0 saturated heterocycles. The average molecular weight is 352 g/mol. The van der Waals surface area contributed by atoms with Gasteiger partial charge < -0.3 is 16.0 Å². The molecule has 2 rings (SSSR count). The predicted octanol–water partition coefficient (Wildman–Crippen LogP) is 3.93. The standard InChI is InChI=1S/C16H15Cl2N3O2/c1-19-16(23)21-13-4-2-3-12(9-13)20-15(22)7-10-5-6-11(17)8-14(10)18/h2-6,8-9H,7H2,1H3,(H,20,22)(H2,19,21,23). The second kappa shape index (κ2) is 7.85. The smallest absolute Gasteiger partial charge is 0.318 e. The molecule has 3 N–H and O–H groups in total. The Morgan fingerprint density at radius 1 is 1.00 bits per heavy atom. The fourth-order valence-corrected chi connectivity index (χ4v) is 2.39. The van der Waals surface area contributed by atoms with E-state index in [1.165, 1.54) is 7.05 Å². The van der Waals surface area contributed by atoms with Gasteiger partial charge in [-0.15, -0.1) is 0 Å².